The first kappa shape index (κ1) is 35.5. The highest BCUT2D eigenvalue weighted by Gasteiger charge is 2.36. The number of carbonyl (C=O) groups excluding carboxylic acids is 4. The molecule has 1 aliphatic carbocycles. The largest absolute Gasteiger partial charge is 0.377 e. The molecule has 2 aromatic heterocycles. The quantitative estimate of drug-likeness (QED) is 0.272. The van der Waals surface area contributed by atoms with Gasteiger partial charge >= 0.3 is 0 Å². The number of ether oxygens (including phenoxy) is 1. The molecule has 3 atom stereocenters. The summed E-state index contributed by atoms with van der Waals surface area (Å²) in [4.78, 5) is 58.3. The first-order chi connectivity index (χ1) is 24.1. The van der Waals surface area contributed by atoms with Crippen LogP contribution in [0.15, 0.2) is 36.7 Å². The highest BCUT2D eigenvalue weighted by atomic mass is 32.1. The highest BCUT2D eigenvalue weighted by Crippen LogP contribution is 2.32. The number of nitrogens with one attached hydrogen (secondary N) is 3. The Balaban J connectivity index is 1.19. The highest BCUT2D eigenvalue weighted by molar-refractivity contribution is 7.07. The molecule has 3 aliphatic rings. The Kier molecular flexibility index (Phi) is 11.2. The zero-order valence-corrected chi connectivity index (χ0v) is 29.3. The normalized spacial score (nSPS) is 21.8. The van der Waals surface area contributed by atoms with Crippen LogP contribution in [0.5, 0.6) is 0 Å². The number of amides is 4. The molecule has 4 amide bonds. The number of piperazine rings is 1. The second-order valence-corrected chi connectivity index (χ2v) is 14.5. The molecule has 3 fully saturated rings. The lowest BCUT2D eigenvalue weighted by atomic mass is 9.79. The van der Waals surface area contributed by atoms with Crippen LogP contribution in [0.2, 0.25) is 0 Å². The molecule has 268 valence electrons. The van der Waals surface area contributed by atoms with Crippen molar-refractivity contribution in [3.05, 3.63) is 58.6 Å². The van der Waals surface area contributed by atoms with Gasteiger partial charge in [-0.2, -0.15) is 5.10 Å². The number of hydrogen-bond donors (Lipinski definition) is 3. The topological polar surface area (TPSA) is 164 Å². The van der Waals surface area contributed by atoms with Gasteiger partial charge in [0.25, 0.3) is 11.8 Å². The van der Waals surface area contributed by atoms with E-state index < -0.39 is 41.5 Å². The lowest BCUT2D eigenvalue weighted by molar-refractivity contribution is -0.135. The number of likely N-dealkylation sites (N-methyl/N-ethyl adjacent to an activating group) is 1. The number of carbonyl (C=O) groups is 4. The molecular formula is C34H44FN9O5S. The van der Waals surface area contributed by atoms with Crippen LogP contribution in [0.4, 0.5) is 10.1 Å². The van der Waals surface area contributed by atoms with Gasteiger partial charge in [-0.1, -0.05) is 37.2 Å². The van der Waals surface area contributed by atoms with Crippen LogP contribution in [0.25, 0.3) is 0 Å². The third-order valence-electron chi connectivity index (χ3n) is 10.2. The number of hydrogen-bond acceptors (Lipinski definition) is 10. The first-order valence-electron chi connectivity index (χ1n) is 17.2. The number of rotatable bonds is 11. The molecule has 1 aromatic carbocycles. The van der Waals surface area contributed by atoms with Gasteiger partial charge in [-0.15, -0.1) is 5.10 Å². The van der Waals surface area contributed by atoms with E-state index in [1.54, 1.807) is 34.8 Å². The van der Waals surface area contributed by atoms with Crippen molar-refractivity contribution in [1.29, 1.82) is 0 Å². The number of aromatic nitrogens is 4. The van der Waals surface area contributed by atoms with Gasteiger partial charge in [0.15, 0.2) is 0 Å². The summed E-state index contributed by atoms with van der Waals surface area (Å²) in [5.41, 5.74) is 0.756. The van der Waals surface area contributed by atoms with E-state index in [2.05, 4.69) is 42.5 Å². The standard InChI is InChI=1S/C34H44FN9O5S/c1-20-4-6-22(7-5-20)30(40-31(45)27-10-11-37-44(27)24-18-49-19-24)33(47)38-26-9-8-23(16-25(26)35)21(2)29(39-32(46)28-17-36-41-50-28)34(48)43-14-12-42(3)13-15-43/h8-11,16-17,20-22,24,29-30H,4-7,12-15,18-19H2,1-3H3,(H,38,47)(H,39,46)(H,40,45)/t20?,21-,22?,29+,30-/m0/s1. The fraction of sp³-hybridized carbons (Fsp3) is 0.559. The van der Waals surface area contributed by atoms with Gasteiger partial charge < -0.3 is 30.5 Å². The van der Waals surface area contributed by atoms with Gasteiger partial charge in [0.05, 0.1) is 31.1 Å². The van der Waals surface area contributed by atoms with Crippen LogP contribution in [0, 0.1) is 17.7 Å². The molecule has 14 nitrogen and oxygen atoms in total. The molecule has 0 unspecified atom stereocenters. The van der Waals surface area contributed by atoms with Gasteiger partial charge in [-0.05, 0) is 67.0 Å². The number of benzene rings is 1. The molecule has 1 saturated carbocycles. The van der Waals surface area contributed by atoms with Crippen LogP contribution < -0.4 is 16.0 Å². The van der Waals surface area contributed by atoms with Crippen LogP contribution in [-0.4, -0.2) is 111 Å². The Morgan fingerprint density at radius 1 is 1.00 bits per heavy atom. The van der Waals surface area contributed by atoms with Crippen LogP contribution >= 0.6 is 11.5 Å². The van der Waals surface area contributed by atoms with Gasteiger partial charge in [0, 0.05) is 38.3 Å². The molecule has 2 saturated heterocycles. The third kappa shape index (κ3) is 8.02. The molecule has 0 spiro atoms. The van der Waals surface area contributed by atoms with E-state index in [0.717, 1.165) is 37.2 Å². The molecule has 6 rings (SSSR count). The fourth-order valence-corrected chi connectivity index (χ4v) is 7.22. The maximum Gasteiger partial charge on any atom is 0.270 e. The molecule has 3 aromatic rings. The summed E-state index contributed by atoms with van der Waals surface area (Å²) in [6.07, 6.45) is 6.23. The molecule has 3 N–H and O–H groups in total. The Morgan fingerprint density at radius 3 is 2.38 bits per heavy atom. The number of nitrogens with zero attached hydrogens (tertiary/aromatic N) is 6. The van der Waals surface area contributed by atoms with Crippen LogP contribution in [-0.2, 0) is 14.3 Å². The van der Waals surface area contributed by atoms with E-state index >= 15 is 4.39 Å². The molecule has 16 heteroatoms. The Labute approximate surface area is 294 Å². The van der Waals surface area contributed by atoms with E-state index in [4.69, 9.17) is 4.74 Å². The maximum atomic E-state index is 15.8. The van der Waals surface area contributed by atoms with Crippen molar-refractivity contribution in [2.45, 2.75) is 63.6 Å². The van der Waals surface area contributed by atoms with E-state index in [0.29, 0.717) is 56.6 Å². The zero-order chi connectivity index (χ0) is 35.4. The van der Waals surface area contributed by atoms with E-state index in [1.807, 2.05) is 7.05 Å². The van der Waals surface area contributed by atoms with Crippen LogP contribution in [0.3, 0.4) is 0 Å². The first-order valence-corrected chi connectivity index (χ1v) is 17.9. The molecular weight excluding hydrogens is 665 g/mol. The third-order valence-corrected chi connectivity index (χ3v) is 10.9. The Hall–Kier alpha value is -4.28. The predicted octanol–water partition coefficient (Wildman–Crippen LogP) is 2.68. The molecule has 2 aliphatic heterocycles. The lowest BCUT2D eigenvalue weighted by Crippen LogP contribution is -2.55. The minimum atomic E-state index is -0.985. The van der Waals surface area contributed by atoms with E-state index in [1.165, 1.54) is 18.3 Å². The monoisotopic (exact) mass is 709 g/mol. The molecule has 0 radical (unpaired) electrons. The summed E-state index contributed by atoms with van der Waals surface area (Å²) in [5, 5.41) is 16.5. The Morgan fingerprint density at radius 2 is 1.74 bits per heavy atom. The molecule has 4 heterocycles. The summed E-state index contributed by atoms with van der Waals surface area (Å²) < 4.78 is 26.5. The molecule has 0 bridgehead atoms. The van der Waals surface area contributed by atoms with Crippen molar-refractivity contribution < 1.29 is 28.3 Å². The van der Waals surface area contributed by atoms with Gasteiger partial charge in [0.1, 0.15) is 28.5 Å². The lowest BCUT2D eigenvalue weighted by Gasteiger charge is -2.36. The zero-order valence-electron chi connectivity index (χ0n) is 28.5. The SMILES string of the molecule is CC1CCC([C@H](NC(=O)c2ccnn2C2COC2)C(=O)Nc2ccc([C@H](C)[C@@H](NC(=O)c3cnns3)C(=O)N3CCN(C)CC3)cc2F)CC1. The predicted molar refractivity (Wildman–Crippen MR) is 183 cm³/mol. The second kappa shape index (κ2) is 15.7. The molecule has 50 heavy (non-hydrogen) atoms. The summed E-state index contributed by atoms with van der Waals surface area (Å²) in [7, 11) is 1.98. The summed E-state index contributed by atoms with van der Waals surface area (Å²) in [6.45, 7) is 7.25. The van der Waals surface area contributed by atoms with Crippen molar-refractivity contribution in [3.63, 3.8) is 0 Å². The van der Waals surface area contributed by atoms with Gasteiger partial charge in [-0.25, -0.2) is 4.39 Å². The maximum absolute atomic E-state index is 15.8. The summed E-state index contributed by atoms with van der Waals surface area (Å²) in [5.74, 6) is -2.61. The van der Waals surface area contributed by atoms with Crippen molar-refractivity contribution in [3.8, 4) is 0 Å². The van der Waals surface area contributed by atoms with Crippen molar-refractivity contribution in [2.24, 2.45) is 11.8 Å². The van der Waals surface area contributed by atoms with Crippen molar-refractivity contribution in [2.75, 3.05) is 51.8 Å². The minimum Gasteiger partial charge on any atom is -0.377 e. The fourth-order valence-electron chi connectivity index (χ4n) is 6.80. The minimum absolute atomic E-state index is 0.0435. The average molecular weight is 710 g/mol. The van der Waals surface area contributed by atoms with E-state index in [9.17, 15) is 19.2 Å². The average Bonchev–Trinajstić information content (AvgIpc) is 3.80. The van der Waals surface area contributed by atoms with E-state index in [-0.39, 0.29) is 28.4 Å². The van der Waals surface area contributed by atoms with Gasteiger partial charge in [-0.3, -0.25) is 23.9 Å². The van der Waals surface area contributed by atoms with Gasteiger partial charge in [0.2, 0.25) is 11.8 Å². The summed E-state index contributed by atoms with van der Waals surface area (Å²) in [6, 6.07) is 4.07. The van der Waals surface area contributed by atoms with Crippen LogP contribution in [0.1, 0.15) is 77.2 Å². The van der Waals surface area contributed by atoms with Crippen molar-refractivity contribution >= 4 is 40.8 Å². The van der Waals surface area contributed by atoms with Crippen molar-refractivity contribution in [1.82, 2.24) is 39.8 Å². The number of anilines is 1. The number of halogens is 1. The smallest absolute Gasteiger partial charge is 0.270 e. The Bertz CT molecular complexity index is 1670. The summed E-state index contributed by atoms with van der Waals surface area (Å²) >= 11 is 0.918. The second-order valence-electron chi connectivity index (χ2n) is 13.7.